The van der Waals surface area contributed by atoms with Crippen molar-refractivity contribution in [3.63, 3.8) is 0 Å². The highest BCUT2D eigenvalue weighted by atomic mass is 19.4. The minimum absolute atomic E-state index is 0.109. The third-order valence-electron chi connectivity index (χ3n) is 5.89. The maximum absolute atomic E-state index is 13.4. The van der Waals surface area contributed by atoms with Crippen LogP contribution in [0.1, 0.15) is 30.9 Å². The lowest BCUT2D eigenvalue weighted by Crippen LogP contribution is -2.37. The number of ether oxygens (including phenoxy) is 2. The maximum atomic E-state index is 13.4. The van der Waals surface area contributed by atoms with Gasteiger partial charge in [-0.15, -0.1) is 0 Å². The molecule has 0 spiro atoms. The topological polar surface area (TPSA) is 81.8 Å². The molecule has 0 atom stereocenters. The Hall–Kier alpha value is -4.27. The van der Waals surface area contributed by atoms with E-state index >= 15 is 0 Å². The number of carboxylic acid groups (broad SMARTS) is 1. The third-order valence-corrected chi connectivity index (χ3v) is 5.89. The fourth-order valence-electron chi connectivity index (χ4n) is 3.77. The number of oxazole rings is 1. The van der Waals surface area contributed by atoms with Crippen LogP contribution in [0.5, 0.6) is 11.5 Å². The molecule has 4 aromatic rings. The van der Waals surface area contributed by atoms with E-state index in [0.717, 1.165) is 6.07 Å². The number of carboxylic acids is 1. The van der Waals surface area contributed by atoms with Crippen LogP contribution in [-0.2, 0) is 17.4 Å². The number of benzene rings is 3. The van der Waals surface area contributed by atoms with Gasteiger partial charge in [-0.25, -0.2) is 9.78 Å². The van der Waals surface area contributed by atoms with Gasteiger partial charge in [0.15, 0.2) is 5.60 Å². The molecule has 0 saturated heterocycles. The second kappa shape index (κ2) is 10.6. The highest BCUT2D eigenvalue weighted by Gasteiger charge is 2.33. The Morgan fingerprint density at radius 2 is 1.53 bits per heavy atom. The number of aliphatic carboxylic acids is 1. The summed E-state index contributed by atoms with van der Waals surface area (Å²) >= 11 is 0. The van der Waals surface area contributed by atoms with Gasteiger partial charge < -0.3 is 19.0 Å². The molecule has 0 fully saturated rings. The number of rotatable bonds is 9. The van der Waals surface area contributed by atoms with Crippen LogP contribution >= 0.6 is 0 Å². The molecule has 0 aliphatic carbocycles. The minimum atomic E-state index is -4.45. The molecule has 198 valence electrons. The first-order chi connectivity index (χ1) is 17.9. The van der Waals surface area contributed by atoms with Gasteiger partial charge >= 0.3 is 12.1 Å². The van der Waals surface area contributed by atoms with Crippen molar-refractivity contribution in [3.8, 4) is 34.1 Å². The molecular formula is C29H26F3NO5. The first-order valence-corrected chi connectivity index (χ1v) is 11.8. The summed E-state index contributed by atoms with van der Waals surface area (Å²) in [4.78, 5) is 15.7. The predicted molar refractivity (Wildman–Crippen MR) is 135 cm³/mol. The Balaban J connectivity index is 1.39. The molecule has 0 radical (unpaired) electrons. The van der Waals surface area contributed by atoms with E-state index in [2.05, 4.69) is 4.98 Å². The molecule has 38 heavy (non-hydrogen) atoms. The van der Waals surface area contributed by atoms with E-state index in [-0.39, 0.29) is 5.56 Å². The number of nitrogens with zero attached hydrogens (tertiary/aromatic N) is 1. The minimum Gasteiger partial charge on any atom is -0.493 e. The van der Waals surface area contributed by atoms with Crippen LogP contribution in [0.15, 0.2) is 77.2 Å². The summed E-state index contributed by atoms with van der Waals surface area (Å²) in [7, 11) is 0. The summed E-state index contributed by atoms with van der Waals surface area (Å²) in [6.45, 7) is 5.04. The van der Waals surface area contributed by atoms with Gasteiger partial charge in [0, 0.05) is 12.0 Å². The predicted octanol–water partition coefficient (Wildman–Crippen LogP) is 7.20. The van der Waals surface area contributed by atoms with Gasteiger partial charge in [0.05, 0.1) is 17.9 Å². The molecule has 1 N–H and O–H groups in total. The van der Waals surface area contributed by atoms with E-state index in [4.69, 9.17) is 13.9 Å². The SMILES string of the molecule is Cc1oc(-c2ccc(-c3ccccc3C(F)(F)F)cc2)nc1CCOc1ccc(OC(C)(C)C(=O)O)cc1. The van der Waals surface area contributed by atoms with Gasteiger partial charge in [0.2, 0.25) is 5.89 Å². The summed E-state index contributed by atoms with van der Waals surface area (Å²) in [5.41, 5.74) is -0.130. The number of hydrogen-bond donors (Lipinski definition) is 1. The highest BCUT2D eigenvalue weighted by Crippen LogP contribution is 2.37. The zero-order valence-electron chi connectivity index (χ0n) is 21.0. The lowest BCUT2D eigenvalue weighted by Gasteiger charge is -2.21. The van der Waals surface area contributed by atoms with Gasteiger partial charge in [-0.3, -0.25) is 0 Å². The van der Waals surface area contributed by atoms with Crippen LogP contribution in [0.4, 0.5) is 13.2 Å². The molecule has 1 aromatic heterocycles. The van der Waals surface area contributed by atoms with Crippen LogP contribution in [-0.4, -0.2) is 28.3 Å². The van der Waals surface area contributed by atoms with Gasteiger partial charge in [-0.1, -0.05) is 30.3 Å². The van der Waals surface area contributed by atoms with Crippen molar-refractivity contribution in [2.75, 3.05) is 6.61 Å². The molecule has 0 aliphatic heterocycles. The maximum Gasteiger partial charge on any atom is 0.417 e. The molecule has 0 unspecified atom stereocenters. The van der Waals surface area contributed by atoms with E-state index < -0.39 is 23.3 Å². The number of alkyl halides is 3. The summed E-state index contributed by atoms with van der Waals surface area (Å²) in [6, 6.07) is 18.7. The first-order valence-electron chi connectivity index (χ1n) is 11.8. The number of hydrogen-bond acceptors (Lipinski definition) is 5. The number of carbonyl (C=O) groups is 1. The molecule has 0 aliphatic rings. The van der Waals surface area contributed by atoms with Crippen molar-refractivity contribution < 1.29 is 37.0 Å². The van der Waals surface area contributed by atoms with Crippen LogP contribution < -0.4 is 9.47 Å². The smallest absolute Gasteiger partial charge is 0.417 e. The zero-order chi connectivity index (χ0) is 27.5. The number of halogens is 3. The molecular weight excluding hydrogens is 499 g/mol. The molecule has 3 aromatic carbocycles. The summed E-state index contributed by atoms with van der Waals surface area (Å²) in [5.74, 6) is 0.921. The van der Waals surface area contributed by atoms with Crippen molar-refractivity contribution in [1.82, 2.24) is 4.98 Å². The first kappa shape index (κ1) is 26.8. The van der Waals surface area contributed by atoms with E-state index in [1.165, 1.54) is 26.0 Å². The normalized spacial score (nSPS) is 11.8. The lowest BCUT2D eigenvalue weighted by atomic mass is 9.98. The fourth-order valence-corrected chi connectivity index (χ4v) is 3.77. The summed E-state index contributed by atoms with van der Waals surface area (Å²) in [5, 5.41) is 9.17. The van der Waals surface area contributed by atoms with E-state index in [1.807, 2.05) is 0 Å². The summed E-state index contributed by atoms with van der Waals surface area (Å²) < 4.78 is 57.2. The van der Waals surface area contributed by atoms with Crippen molar-refractivity contribution >= 4 is 5.97 Å². The number of aryl methyl sites for hydroxylation is 1. The van der Waals surface area contributed by atoms with Crippen molar-refractivity contribution in [1.29, 1.82) is 0 Å². The zero-order valence-corrected chi connectivity index (χ0v) is 21.0. The Kier molecular flexibility index (Phi) is 7.48. The van der Waals surface area contributed by atoms with Crippen molar-refractivity contribution in [2.24, 2.45) is 0 Å². The molecule has 9 heteroatoms. The molecule has 6 nitrogen and oxygen atoms in total. The summed E-state index contributed by atoms with van der Waals surface area (Å²) in [6.07, 6.45) is -3.98. The molecule has 0 bridgehead atoms. The van der Waals surface area contributed by atoms with E-state index in [0.29, 0.717) is 53.0 Å². The highest BCUT2D eigenvalue weighted by molar-refractivity contribution is 5.76. The van der Waals surface area contributed by atoms with Gasteiger partial charge in [-0.2, -0.15) is 13.2 Å². The Morgan fingerprint density at radius 1 is 0.921 bits per heavy atom. The van der Waals surface area contributed by atoms with E-state index in [9.17, 15) is 23.1 Å². The van der Waals surface area contributed by atoms with Crippen LogP contribution in [0.3, 0.4) is 0 Å². The Morgan fingerprint density at radius 3 is 2.16 bits per heavy atom. The second-order valence-corrected chi connectivity index (χ2v) is 9.13. The van der Waals surface area contributed by atoms with Crippen molar-refractivity contribution in [3.05, 3.63) is 89.8 Å². The molecule has 4 rings (SSSR count). The molecule has 0 amide bonds. The largest absolute Gasteiger partial charge is 0.493 e. The third kappa shape index (κ3) is 6.16. The lowest BCUT2D eigenvalue weighted by molar-refractivity contribution is -0.152. The van der Waals surface area contributed by atoms with Crippen LogP contribution in [0.25, 0.3) is 22.6 Å². The van der Waals surface area contributed by atoms with Gasteiger partial charge in [0.1, 0.15) is 17.3 Å². The van der Waals surface area contributed by atoms with Crippen LogP contribution in [0.2, 0.25) is 0 Å². The van der Waals surface area contributed by atoms with Crippen molar-refractivity contribution in [2.45, 2.75) is 39.0 Å². The average molecular weight is 526 g/mol. The standard InChI is InChI=1S/C29H26F3NO5/c1-18-25(16-17-36-21-12-14-22(15-13-21)38-28(2,3)27(34)35)33-26(37-18)20-10-8-19(9-11-20)23-6-4-5-7-24(23)29(30,31)32/h4-15H,16-17H2,1-3H3,(H,34,35). The van der Waals surface area contributed by atoms with Crippen LogP contribution in [0, 0.1) is 6.92 Å². The number of aromatic nitrogens is 1. The fraction of sp³-hybridized carbons (Fsp3) is 0.241. The quantitative estimate of drug-likeness (QED) is 0.249. The van der Waals surface area contributed by atoms with E-state index in [1.54, 1.807) is 61.5 Å². The monoisotopic (exact) mass is 525 g/mol. The Labute approximate surface area is 217 Å². The average Bonchev–Trinajstić information content (AvgIpc) is 3.24. The molecule has 0 saturated carbocycles. The Bertz CT molecular complexity index is 1410. The molecule has 1 heterocycles. The second-order valence-electron chi connectivity index (χ2n) is 9.13. The van der Waals surface area contributed by atoms with Gasteiger partial charge in [-0.05, 0) is 74.4 Å². The van der Waals surface area contributed by atoms with Gasteiger partial charge in [0.25, 0.3) is 0 Å².